The molecular weight excluding hydrogens is 254 g/mol. The maximum atomic E-state index is 9.44. The summed E-state index contributed by atoms with van der Waals surface area (Å²) in [6.07, 6.45) is 0. The standard InChI is InChI=1S/2Na.H2O9S2/c;;1-10(2,3)8-7-9-11(4,5)6/h;;(H,1,2,3)(H,4,5,6)/q2*+1;/p-2. The Balaban J connectivity index is -0.000000500. The van der Waals surface area contributed by atoms with E-state index in [0.29, 0.717) is 0 Å². The van der Waals surface area contributed by atoms with Crippen molar-refractivity contribution in [3.63, 3.8) is 0 Å². The molecule has 13 heavy (non-hydrogen) atoms. The van der Waals surface area contributed by atoms with Gasteiger partial charge in [0, 0.05) is 0 Å². The van der Waals surface area contributed by atoms with Gasteiger partial charge in [-0.25, -0.2) is 16.8 Å². The molecular formula is Na2O9S2. The molecule has 0 saturated heterocycles. The van der Waals surface area contributed by atoms with Crippen molar-refractivity contribution in [2.45, 2.75) is 0 Å². The minimum Gasteiger partial charge on any atom is -0.724 e. The van der Waals surface area contributed by atoms with Crippen LogP contribution in [0.3, 0.4) is 0 Å². The van der Waals surface area contributed by atoms with Crippen LogP contribution in [0.4, 0.5) is 0 Å². The van der Waals surface area contributed by atoms with Crippen molar-refractivity contribution in [3.8, 4) is 0 Å². The van der Waals surface area contributed by atoms with Crippen molar-refractivity contribution < 1.29 is 98.8 Å². The van der Waals surface area contributed by atoms with Gasteiger partial charge >= 0.3 is 59.1 Å². The van der Waals surface area contributed by atoms with E-state index in [9.17, 15) is 25.9 Å². The van der Waals surface area contributed by atoms with Crippen LogP contribution in [-0.4, -0.2) is 25.9 Å². The summed E-state index contributed by atoms with van der Waals surface area (Å²) in [6.45, 7) is 0. The largest absolute Gasteiger partial charge is 1.00 e. The Bertz CT molecular complexity index is 265. The van der Waals surface area contributed by atoms with Crippen LogP contribution >= 0.6 is 0 Å². The molecule has 0 N–H and O–H groups in total. The first kappa shape index (κ1) is 20.2. The number of rotatable bonds is 4. The summed E-state index contributed by atoms with van der Waals surface area (Å²) in [5, 5.41) is 2.76. The topological polar surface area (TPSA) is 142 Å². The monoisotopic (exact) mass is 254 g/mol. The maximum absolute atomic E-state index is 9.44. The minimum absolute atomic E-state index is 0. The second-order valence-corrected chi connectivity index (χ2v) is 2.93. The second-order valence-electron chi connectivity index (χ2n) is 1.02. The molecule has 0 saturated carbocycles. The van der Waals surface area contributed by atoms with Gasteiger partial charge in [0.25, 0.3) is 0 Å². The molecule has 0 aliphatic rings. The van der Waals surface area contributed by atoms with E-state index in [4.69, 9.17) is 0 Å². The fourth-order valence-corrected chi connectivity index (χ4v) is 0.306. The molecule has 0 rings (SSSR count). The zero-order valence-corrected chi connectivity index (χ0v) is 12.1. The van der Waals surface area contributed by atoms with Crippen LogP contribution in [0, 0.1) is 0 Å². The molecule has 0 atom stereocenters. The van der Waals surface area contributed by atoms with E-state index in [1.807, 2.05) is 0 Å². The fraction of sp³-hybridized carbons (Fsp3) is 0. The second kappa shape index (κ2) is 7.92. The smallest absolute Gasteiger partial charge is 0.724 e. The summed E-state index contributed by atoms with van der Waals surface area (Å²) in [5.41, 5.74) is 0. The zero-order valence-electron chi connectivity index (χ0n) is 6.49. The molecule has 0 aromatic rings. The average Bonchev–Trinajstić information content (AvgIpc) is 1.55. The van der Waals surface area contributed by atoms with E-state index in [1.54, 1.807) is 0 Å². The first-order chi connectivity index (χ1) is 4.71. The molecule has 0 bridgehead atoms. The van der Waals surface area contributed by atoms with Crippen molar-refractivity contribution in [2.24, 2.45) is 0 Å². The number of hydrogen-bond donors (Lipinski definition) is 0. The fourth-order valence-electron chi connectivity index (χ4n) is 0.0794. The molecule has 0 spiro atoms. The third-order valence-electron chi connectivity index (χ3n) is 0.222. The van der Waals surface area contributed by atoms with Crippen molar-refractivity contribution in [2.75, 3.05) is 0 Å². The van der Waals surface area contributed by atoms with E-state index < -0.39 is 20.8 Å². The molecule has 0 unspecified atom stereocenters. The third-order valence-corrected chi connectivity index (χ3v) is 0.667. The SMILES string of the molecule is O=S(=O)([O-])OOOS(=O)(=O)[O-].[Na+].[Na+]. The van der Waals surface area contributed by atoms with Gasteiger partial charge in [-0.1, -0.05) is 8.67 Å². The van der Waals surface area contributed by atoms with Crippen molar-refractivity contribution in [1.82, 2.24) is 0 Å². The van der Waals surface area contributed by atoms with Gasteiger partial charge in [-0.15, -0.1) is 0 Å². The molecule has 68 valence electrons. The predicted octanol–water partition coefficient (Wildman–Crippen LogP) is -8.21. The van der Waals surface area contributed by atoms with Crippen LogP contribution in [-0.2, 0) is 34.5 Å². The van der Waals surface area contributed by atoms with Gasteiger partial charge in [0.15, 0.2) is 0 Å². The third kappa shape index (κ3) is 19.9. The Hall–Kier alpha value is 1.70. The molecule has 0 aromatic heterocycles. The van der Waals surface area contributed by atoms with Crippen LogP contribution < -0.4 is 59.1 Å². The molecule has 0 aliphatic heterocycles. The van der Waals surface area contributed by atoms with Crippen molar-refractivity contribution in [1.29, 1.82) is 0 Å². The molecule has 13 heteroatoms. The molecule has 0 heterocycles. The Labute approximate surface area is 118 Å². The van der Waals surface area contributed by atoms with Gasteiger partial charge in [0.05, 0.1) is 0 Å². The van der Waals surface area contributed by atoms with Crippen LogP contribution in [0.15, 0.2) is 0 Å². The van der Waals surface area contributed by atoms with Crippen LogP contribution in [0.5, 0.6) is 0 Å². The van der Waals surface area contributed by atoms with Crippen LogP contribution in [0.25, 0.3) is 0 Å². The molecule has 0 aliphatic carbocycles. The van der Waals surface area contributed by atoms with E-state index in [1.165, 1.54) is 0 Å². The first-order valence-corrected chi connectivity index (χ1v) is 4.33. The maximum Gasteiger partial charge on any atom is 1.00 e. The molecule has 9 nitrogen and oxygen atoms in total. The molecule has 0 fully saturated rings. The summed E-state index contributed by atoms with van der Waals surface area (Å²) < 4.78 is 62.1. The summed E-state index contributed by atoms with van der Waals surface area (Å²) in [6, 6.07) is 0. The first-order valence-electron chi connectivity index (χ1n) is 1.67. The zero-order chi connectivity index (χ0) is 9.12. The molecule has 0 amide bonds. The van der Waals surface area contributed by atoms with E-state index in [2.05, 4.69) is 13.7 Å². The Morgan fingerprint density at radius 3 is 1.15 bits per heavy atom. The predicted molar refractivity (Wildman–Crippen MR) is 22.6 cm³/mol. The van der Waals surface area contributed by atoms with Crippen LogP contribution in [0.1, 0.15) is 0 Å². The summed E-state index contributed by atoms with van der Waals surface area (Å²) in [5.74, 6) is 0. The molecule has 0 aromatic carbocycles. The summed E-state index contributed by atoms with van der Waals surface area (Å²) >= 11 is 0. The van der Waals surface area contributed by atoms with E-state index >= 15 is 0 Å². The summed E-state index contributed by atoms with van der Waals surface area (Å²) in [4.78, 5) is 0. The van der Waals surface area contributed by atoms with Crippen molar-refractivity contribution in [3.05, 3.63) is 0 Å². The van der Waals surface area contributed by atoms with Gasteiger partial charge in [-0.3, -0.25) is 0 Å². The van der Waals surface area contributed by atoms with Crippen LogP contribution in [0.2, 0.25) is 0 Å². The normalized spacial score (nSPS) is 11.2. The Kier molecular flexibility index (Phi) is 12.3. The van der Waals surface area contributed by atoms with E-state index in [0.717, 1.165) is 0 Å². The quantitative estimate of drug-likeness (QED) is 0.157. The van der Waals surface area contributed by atoms with Gasteiger partial charge in [-0.2, -0.15) is 0 Å². The van der Waals surface area contributed by atoms with Gasteiger partial charge in [-0.05, 0) is 5.04 Å². The minimum atomic E-state index is -5.25. The molecule has 0 radical (unpaired) electrons. The summed E-state index contributed by atoms with van der Waals surface area (Å²) in [7, 11) is -10.5. The average molecular weight is 254 g/mol. The van der Waals surface area contributed by atoms with Crippen molar-refractivity contribution >= 4 is 20.8 Å². The van der Waals surface area contributed by atoms with Gasteiger partial charge in [0.2, 0.25) is 20.8 Å². The van der Waals surface area contributed by atoms with E-state index in [-0.39, 0.29) is 59.1 Å². The Morgan fingerprint density at radius 1 is 0.769 bits per heavy atom. The Morgan fingerprint density at radius 2 is 1.00 bits per heavy atom. The number of hydrogen-bond acceptors (Lipinski definition) is 9. The van der Waals surface area contributed by atoms with Gasteiger partial charge < -0.3 is 9.11 Å². The van der Waals surface area contributed by atoms with Gasteiger partial charge in [0.1, 0.15) is 0 Å².